The molecule has 2 rings (SSSR count). The second kappa shape index (κ2) is 4.68. The van der Waals surface area contributed by atoms with Gasteiger partial charge in [-0.3, -0.25) is 0 Å². The predicted octanol–water partition coefficient (Wildman–Crippen LogP) is 3.88. The molecule has 5 heteroatoms. The smallest absolute Gasteiger partial charge is 0.223 e. The van der Waals surface area contributed by atoms with Crippen molar-refractivity contribution in [3.8, 4) is 11.6 Å². The highest BCUT2D eigenvalue weighted by Crippen LogP contribution is 2.29. The molecule has 0 saturated heterocycles. The van der Waals surface area contributed by atoms with Crippen LogP contribution in [0.2, 0.25) is 10.2 Å². The summed E-state index contributed by atoms with van der Waals surface area (Å²) in [5, 5.41) is 0.864. The zero-order chi connectivity index (χ0) is 11.5. The Balaban J connectivity index is 2.27. The van der Waals surface area contributed by atoms with Gasteiger partial charge in [0.2, 0.25) is 5.88 Å². The summed E-state index contributed by atoms with van der Waals surface area (Å²) in [6.07, 6.45) is 1.33. The second-order valence-corrected chi connectivity index (χ2v) is 4.01. The Hall–Kier alpha value is -1.32. The van der Waals surface area contributed by atoms with E-state index in [1.807, 2.05) is 19.1 Å². The van der Waals surface area contributed by atoms with Crippen LogP contribution in [0.25, 0.3) is 0 Å². The molecular weight excluding hydrogens is 247 g/mol. The fourth-order valence-electron chi connectivity index (χ4n) is 1.17. The molecule has 0 atom stereocenters. The number of hydrogen-bond donors (Lipinski definition) is 0. The number of halogens is 2. The van der Waals surface area contributed by atoms with Crippen molar-refractivity contribution in [2.45, 2.75) is 6.92 Å². The summed E-state index contributed by atoms with van der Waals surface area (Å²) >= 11 is 11.7. The molecule has 0 saturated carbocycles. The summed E-state index contributed by atoms with van der Waals surface area (Å²) in [6, 6.07) is 7.04. The van der Waals surface area contributed by atoms with E-state index in [9.17, 15) is 0 Å². The van der Waals surface area contributed by atoms with Gasteiger partial charge in [-0.05, 0) is 24.6 Å². The lowest BCUT2D eigenvalue weighted by Crippen LogP contribution is -1.90. The van der Waals surface area contributed by atoms with Gasteiger partial charge in [-0.25, -0.2) is 9.97 Å². The van der Waals surface area contributed by atoms with E-state index in [0.29, 0.717) is 21.8 Å². The highest BCUT2D eigenvalue weighted by Gasteiger charge is 2.04. The third kappa shape index (κ3) is 2.62. The quantitative estimate of drug-likeness (QED) is 0.763. The van der Waals surface area contributed by atoms with Crippen LogP contribution in [0.4, 0.5) is 0 Å². The first-order chi connectivity index (χ1) is 7.65. The molecule has 1 aromatic heterocycles. The maximum atomic E-state index is 6.02. The highest BCUT2D eigenvalue weighted by molar-refractivity contribution is 6.32. The molecule has 82 valence electrons. The number of benzene rings is 1. The van der Waals surface area contributed by atoms with Crippen molar-refractivity contribution in [2.75, 3.05) is 0 Å². The van der Waals surface area contributed by atoms with Crippen molar-refractivity contribution < 1.29 is 4.74 Å². The van der Waals surface area contributed by atoms with Crippen LogP contribution in [0.15, 0.2) is 30.6 Å². The summed E-state index contributed by atoms with van der Waals surface area (Å²) in [7, 11) is 0. The molecule has 0 fully saturated rings. The standard InChI is InChI=1S/C11H8Cl2N2O/c1-7-2-3-9(8(12)4-7)16-11-5-10(13)14-6-15-11/h2-6H,1H3. The average molecular weight is 255 g/mol. The van der Waals surface area contributed by atoms with Crippen LogP contribution in [0.3, 0.4) is 0 Å². The van der Waals surface area contributed by atoms with Crippen molar-refractivity contribution >= 4 is 23.2 Å². The van der Waals surface area contributed by atoms with Crippen molar-refractivity contribution in [3.05, 3.63) is 46.3 Å². The van der Waals surface area contributed by atoms with E-state index in [0.717, 1.165) is 5.56 Å². The zero-order valence-corrected chi connectivity index (χ0v) is 9.96. The van der Waals surface area contributed by atoms with Crippen LogP contribution in [-0.4, -0.2) is 9.97 Å². The number of hydrogen-bond acceptors (Lipinski definition) is 3. The van der Waals surface area contributed by atoms with E-state index < -0.39 is 0 Å². The summed E-state index contributed by atoms with van der Waals surface area (Å²) in [6.45, 7) is 1.96. The van der Waals surface area contributed by atoms with E-state index in [2.05, 4.69) is 9.97 Å². The lowest BCUT2D eigenvalue weighted by Gasteiger charge is -2.06. The minimum absolute atomic E-state index is 0.327. The van der Waals surface area contributed by atoms with Crippen molar-refractivity contribution in [2.24, 2.45) is 0 Å². The van der Waals surface area contributed by atoms with E-state index in [1.165, 1.54) is 12.4 Å². The van der Waals surface area contributed by atoms with Gasteiger partial charge in [0.25, 0.3) is 0 Å². The number of ether oxygens (including phenoxy) is 1. The lowest BCUT2D eigenvalue weighted by atomic mass is 10.2. The Morgan fingerprint density at radius 3 is 2.62 bits per heavy atom. The van der Waals surface area contributed by atoms with Crippen LogP contribution in [-0.2, 0) is 0 Å². The third-order valence-corrected chi connectivity index (χ3v) is 2.41. The molecule has 2 aromatic rings. The van der Waals surface area contributed by atoms with Gasteiger partial charge in [-0.1, -0.05) is 29.3 Å². The Morgan fingerprint density at radius 2 is 1.94 bits per heavy atom. The molecule has 0 aliphatic rings. The minimum atomic E-state index is 0.327. The molecule has 0 aliphatic carbocycles. The summed E-state index contributed by atoms with van der Waals surface area (Å²) in [4.78, 5) is 7.68. The van der Waals surface area contributed by atoms with Gasteiger partial charge in [-0.15, -0.1) is 0 Å². The van der Waals surface area contributed by atoms with Crippen molar-refractivity contribution in [1.29, 1.82) is 0 Å². The normalized spacial score (nSPS) is 10.2. The topological polar surface area (TPSA) is 35.0 Å². The third-order valence-electron chi connectivity index (χ3n) is 1.91. The largest absolute Gasteiger partial charge is 0.437 e. The Kier molecular flexibility index (Phi) is 3.27. The minimum Gasteiger partial charge on any atom is -0.437 e. The molecule has 0 amide bonds. The van der Waals surface area contributed by atoms with Gasteiger partial charge in [0.05, 0.1) is 5.02 Å². The predicted molar refractivity (Wildman–Crippen MR) is 63.3 cm³/mol. The average Bonchev–Trinajstić information content (AvgIpc) is 2.22. The number of nitrogens with zero attached hydrogens (tertiary/aromatic N) is 2. The van der Waals surface area contributed by atoms with Crippen LogP contribution in [0.5, 0.6) is 11.6 Å². The molecule has 0 radical (unpaired) electrons. The monoisotopic (exact) mass is 254 g/mol. The molecule has 0 N–H and O–H groups in total. The maximum Gasteiger partial charge on any atom is 0.223 e. The first-order valence-electron chi connectivity index (χ1n) is 4.57. The van der Waals surface area contributed by atoms with Gasteiger partial charge >= 0.3 is 0 Å². The van der Waals surface area contributed by atoms with E-state index in [-0.39, 0.29) is 0 Å². The maximum absolute atomic E-state index is 6.02. The fourth-order valence-corrected chi connectivity index (χ4v) is 1.59. The Bertz CT molecular complexity index is 517. The number of aryl methyl sites for hydroxylation is 1. The molecule has 0 bridgehead atoms. The fraction of sp³-hybridized carbons (Fsp3) is 0.0909. The van der Waals surface area contributed by atoms with Crippen LogP contribution in [0, 0.1) is 6.92 Å². The van der Waals surface area contributed by atoms with Crippen molar-refractivity contribution in [1.82, 2.24) is 9.97 Å². The zero-order valence-electron chi connectivity index (χ0n) is 8.45. The molecule has 0 unspecified atom stereocenters. The molecule has 16 heavy (non-hydrogen) atoms. The van der Waals surface area contributed by atoms with Crippen LogP contribution >= 0.6 is 23.2 Å². The summed E-state index contributed by atoms with van der Waals surface area (Å²) < 4.78 is 5.48. The number of aromatic nitrogens is 2. The molecule has 3 nitrogen and oxygen atoms in total. The second-order valence-electron chi connectivity index (χ2n) is 3.21. The van der Waals surface area contributed by atoms with Gasteiger partial charge in [-0.2, -0.15) is 0 Å². The Morgan fingerprint density at radius 1 is 1.12 bits per heavy atom. The van der Waals surface area contributed by atoms with E-state index in [1.54, 1.807) is 6.07 Å². The number of rotatable bonds is 2. The first-order valence-corrected chi connectivity index (χ1v) is 5.32. The van der Waals surface area contributed by atoms with Gasteiger partial charge in [0.15, 0.2) is 0 Å². The summed E-state index contributed by atoms with van der Waals surface area (Å²) in [5.74, 6) is 0.910. The van der Waals surface area contributed by atoms with E-state index in [4.69, 9.17) is 27.9 Å². The van der Waals surface area contributed by atoms with Gasteiger partial charge in [0, 0.05) is 6.07 Å². The Labute approximate surface area is 103 Å². The van der Waals surface area contributed by atoms with Gasteiger partial charge < -0.3 is 4.74 Å². The van der Waals surface area contributed by atoms with E-state index >= 15 is 0 Å². The molecule has 1 aromatic carbocycles. The SMILES string of the molecule is Cc1ccc(Oc2cc(Cl)ncn2)c(Cl)c1. The van der Waals surface area contributed by atoms with Gasteiger partial charge in [0.1, 0.15) is 17.2 Å². The molecule has 1 heterocycles. The highest BCUT2D eigenvalue weighted by atomic mass is 35.5. The molecule has 0 aliphatic heterocycles. The van der Waals surface area contributed by atoms with Crippen LogP contribution < -0.4 is 4.74 Å². The first kappa shape index (κ1) is 11.2. The summed E-state index contributed by atoms with van der Waals surface area (Å²) in [5.41, 5.74) is 1.07. The lowest BCUT2D eigenvalue weighted by molar-refractivity contribution is 0.461. The van der Waals surface area contributed by atoms with Crippen LogP contribution in [0.1, 0.15) is 5.56 Å². The molecular formula is C11H8Cl2N2O. The molecule has 0 spiro atoms. The van der Waals surface area contributed by atoms with Crippen molar-refractivity contribution in [3.63, 3.8) is 0 Å².